The third-order valence-corrected chi connectivity index (χ3v) is 4.83. The van der Waals surface area contributed by atoms with E-state index in [0.717, 1.165) is 10.6 Å². The topological polar surface area (TPSA) is 84.9 Å². The second-order valence-corrected chi connectivity index (χ2v) is 7.44. The number of hydrogen-bond acceptors (Lipinski definition) is 5. The van der Waals surface area contributed by atoms with Crippen molar-refractivity contribution in [2.75, 3.05) is 36.6 Å². The zero-order chi connectivity index (χ0) is 19.2. The summed E-state index contributed by atoms with van der Waals surface area (Å²) in [6, 6.07) is 13.8. The fraction of sp³-hybridized carbons (Fsp3) is 0.278. The number of sulfonamides is 1. The molecule has 0 radical (unpaired) electrons. The quantitative estimate of drug-likeness (QED) is 0.763. The lowest BCUT2D eigenvalue weighted by atomic mass is 10.2. The summed E-state index contributed by atoms with van der Waals surface area (Å²) in [5.41, 5.74) is 0.976. The minimum atomic E-state index is -3.63. The molecular weight excluding hydrogens is 356 g/mol. The van der Waals surface area contributed by atoms with E-state index in [1.165, 1.54) is 14.2 Å². The summed E-state index contributed by atoms with van der Waals surface area (Å²) in [7, 11) is -0.684. The van der Waals surface area contributed by atoms with Crippen molar-refractivity contribution in [1.82, 2.24) is 0 Å². The standard InChI is InChI=1S/C18H22N2O5S/c1-24-15-9-10-17(25-2)16(13-15)20(26(3,22)23)12-11-18(21)19-14-7-5-4-6-8-14/h4-10,13H,11-12H2,1-3H3,(H,19,21). The van der Waals surface area contributed by atoms with Crippen molar-refractivity contribution in [3.63, 3.8) is 0 Å². The molecule has 26 heavy (non-hydrogen) atoms. The molecule has 7 nitrogen and oxygen atoms in total. The van der Waals surface area contributed by atoms with Crippen LogP contribution in [0, 0.1) is 0 Å². The van der Waals surface area contributed by atoms with Gasteiger partial charge in [0.2, 0.25) is 15.9 Å². The lowest BCUT2D eigenvalue weighted by Gasteiger charge is -2.24. The predicted octanol–water partition coefficient (Wildman–Crippen LogP) is 2.50. The van der Waals surface area contributed by atoms with Gasteiger partial charge in [0.05, 0.1) is 26.2 Å². The molecule has 0 aromatic heterocycles. The molecule has 0 saturated carbocycles. The molecule has 0 saturated heterocycles. The minimum absolute atomic E-state index is 0.0116. The van der Waals surface area contributed by atoms with E-state index in [2.05, 4.69) is 5.32 Å². The van der Waals surface area contributed by atoms with Gasteiger partial charge in [-0.05, 0) is 24.3 Å². The molecular formula is C18H22N2O5S. The van der Waals surface area contributed by atoms with E-state index in [0.29, 0.717) is 22.9 Å². The average Bonchev–Trinajstić information content (AvgIpc) is 2.61. The summed E-state index contributed by atoms with van der Waals surface area (Å²) in [5, 5.41) is 2.73. The first-order valence-electron chi connectivity index (χ1n) is 7.90. The first kappa shape index (κ1) is 19.6. The smallest absolute Gasteiger partial charge is 0.232 e. The van der Waals surface area contributed by atoms with Crippen LogP contribution in [0.2, 0.25) is 0 Å². The van der Waals surface area contributed by atoms with Crippen molar-refractivity contribution in [3.05, 3.63) is 48.5 Å². The molecule has 0 atom stereocenters. The molecule has 140 valence electrons. The lowest BCUT2D eigenvalue weighted by molar-refractivity contribution is -0.116. The second-order valence-electron chi connectivity index (χ2n) is 5.54. The van der Waals surface area contributed by atoms with Gasteiger partial charge in [-0.3, -0.25) is 9.10 Å². The zero-order valence-electron chi connectivity index (χ0n) is 14.9. The molecule has 0 aliphatic heterocycles. The van der Waals surface area contributed by atoms with Crippen LogP contribution in [0.4, 0.5) is 11.4 Å². The number of carbonyl (C=O) groups is 1. The third-order valence-electron chi connectivity index (χ3n) is 3.65. The van der Waals surface area contributed by atoms with E-state index in [-0.39, 0.29) is 18.9 Å². The van der Waals surface area contributed by atoms with Gasteiger partial charge < -0.3 is 14.8 Å². The fourth-order valence-corrected chi connectivity index (χ4v) is 3.33. The van der Waals surface area contributed by atoms with E-state index >= 15 is 0 Å². The SMILES string of the molecule is COc1ccc(OC)c(N(CCC(=O)Nc2ccccc2)S(C)(=O)=O)c1. The molecule has 1 N–H and O–H groups in total. The van der Waals surface area contributed by atoms with Crippen molar-refractivity contribution in [1.29, 1.82) is 0 Å². The molecule has 0 unspecified atom stereocenters. The number of nitrogens with one attached hydrogen (secondary N) is 1. The van der Waals surface area contributed by atoms with Gasteiger partial charge in [-0.2, -0.15) is 0 Å². The molecule has 8 heteroatoms. The molecule has 2 aromatic rings. The Kier molecular flexibility index (Phi) is 6.46. The summed E-state index contributed by atoms with van der Waals surface area (Å²) in [6.45, 7) is -0.0268. The highest BCUT2D eigenvalue weighted by molar-refractivity contribution is 7.92. The number of carbonyl (C=O) groups excluding carboxylic acids is 1. The van der Waals surface area contributed by atoms with Crippen molar-refractivity contribution in [2.45, 2.75) is 6.42 Å². The van der Waals surface area contributed by atoms with Gasteiger partial charge >= 0.3 is 0 Å². The van der Waals surface area contributed by atoms with Crippen LogP contribution in [0.25, 0.3) is 0 Å². The first-order chi connectivity index (χ1) is 12.3. The van der Waals surface area contributed by atoms with Crippen LogP contribution in [0.1, 0.15) is 6.42 Å². The molecule has 0 heterocycles. The van der Waals surface area contributed by atoms with Gasteiger partial charge in [-0.15, -0.1) is 0 Å². The number of hydrogen-bond donors (Lipinski definition) is 1. The monoisotopic (exact) mass is 378 g/mol. The normalized spacial score (nSPS) is 10.9. The lowest BCUT2D eigenvalue weighted by Crippen LogP contribution is -2.33. The first-order valence-corrected chi connectivity index (χ1v) is 9.74. The number of amides is 1. The zero-order valence-corrected chi connectivity index (χ0v) is 15.7. The van der Waals surface area contributed by atoms with E-state index in [1.807, 2.05) is 6.07 Å². The summed E-state index contributed by atoms with van der Waals surface area (Å²) in [4.78, 5) is 12.2. The van der Waals surface area contributed by atoms with Crippen LogP contribution < -0.4 is 19.1 Å². The van der Waals surface area contributed by atoms with Crippen molar-refractivity contribution in [3.8, 4) is 11.5 Å². The van der Waals surface area contributed by atoms with Crippen molar-refractivity contribution >= 4 is 27.3 Å². The van der Waals surface area contributed by atoms with Gasteiger partial charge in [0.25, 0.3) is 0 Å². The molecule has 0 aliphatic carbocycles. The molecule has 0 aliphatic rings. The Labute approximate surface area is 153 Å². The Balaban J connectivity index is 2.20. The maximum Gasteiger partial charge on any atom is 0.232 e. The van der Waals surface area contributed by atoms with Crippen LogP contribution >= 0.6 is 0 Å². The number of anilines is 2. The highest BCUT2D eigenvalue weighted by atomic mass is 32.2. The number of para-hydroxylation sites is 1. The van der Waals surface area contributed by atoms with Gasteiger partial charge in [-0.1, -0.05) is 18.2 Å². The average molecular weight is 378 g/mol. The predicted molar refractivity (Wildman–Crippen MR) is 101 cm³/mol. The molecule has 0 spiro atoms. The minimum Gasteiger partial charge on any atom is -0.497 e. The Morgan fingerprint density at radius 3 is 2.35 bits per heavy atom. The third kappa shape index (κ3) is 5.13. The summed E-state index contributed by atoms with van der Waals surface area (Å²) >= 11 is 0. The summed E-state index contributed by atoms with van der Waals surface area (Å²) in [6.07, 6.45) is 1.07. The van der Waals surface area contributed by atoms with E-state index in [9.17, 15) is 13.2 Å². The van der Waals surface area contributed by atoms with E-state index in [4.69, 9.17) is 9.47 Å². The van der Waals surface area contributed by atoms with E-state index < -0.39 is 10.0 Å². The maximum atomic E-state index is 12.3. The number of rotatable bonds is 8. The number of ether oxygens (including phenoxy) is 2. The Bertz CT molecular complexity index is 853. The maximum absolute atomic E-state index is 12.3. The van der Waals surface area contributed by atoms with Crippen molar-refractivity contribution < 1.29 is 22.7 Å². The van der Waals surface area contributed by atoms with Crippen LogP contribution in [0.15, 0.2) is 48.5 Å². The molecule has 0 fully saturated rings. The van der Waals surface area contributed by atoms with Crippen molar-refractivity contribution in [2.24, 2.45) is 0 Å². The van der Waals surface area contributed by atoms with Gasteiger partial charge in [0, 0.05) is 24.7 Å². The second kappa shape index (κ2) is 8.57. The van der Waals surface area contributed by atoms with Gasteiger partial charge in [0.1, 0.15) is 11.5 Å². The number of benzene rings is 2. The summed E-state index contributed by atoms with van der Waals surface area (Å²) < 4.78 is 36.1. The van der Waals surface area contributed by atoms with Gasteiger partial charge in [0.15, 0.2) is 0 Å². The van der Waals surface area contributed by atoms with Crippen LogP contribution in [0.3, 0.4) is 0 Å². The fourth-order valence-electron chi connectivity index (χ4n) is 2.40. The molecule has 0 bridgehead atoms. The number of nitrogens with zero attached hydrogens (tertiary/aromatic N) is 1. The Hall–Kier alpha value is -2.74. The van der Waals surface area contributed by atoms with Crippen LogP contribution in [-0.2, 0) is 14.8 Å². The van der Waals surface area contributed by atoms with Crippen LogP contribution in [0.5, 0.6) is 11.5 Å². The molecule has 2 rings (SSSR count). The Morgan fingerprint density at radius 2 is 1.77 bits per heavy atom. The highest BCUT2D eigenvalue weighted by Gasteiger charge is 2.22. The number of methoxy groups -OCH3 is 2. The summed E-state index contributed by atoms with van der Waals surface area (Å²) in [5.74, 6) is 0.578. The highest BCUT2D eigenvalue weighted by Crippen LogP contribution is 2.33. The Morgan fingerprint density at radius 1 is 1.08 bits per heavy atom. The van der Waals surface area contributed by atoms with E-state index in [1.54, 1.807) is 42.5 Å². The largest absolute Gasteiger partial charge is 0.497 e. The van der Waals surface area contributed by atoms with Crippen LogP contribution in [-0.4, -0.2) is 41.3 Å². The molecule has 2 aromatic carbocycles. The molecule has 1 amide bonds. The van der Waals surface area contributed by atoms with Gasteiger partial charge in [-0.25, -0.2) is 8.42 Å².